The van der Waals surface area contributed by atoms with Gasteiger partial charge in [0.25, 0.3) is 0 Å². The minimum atomic E-state index is -0.0178. The molecule has 2 N–H and O–H groups in total. The highest BCUT2D eigenvalue weighted by Crippen LogP contribution is 2.37. The van der Waals surface area contributed by atoms with E-state index in [0.717, 1.165) is 5.56 Å². The van der Waals surface area contributed by atoms with Crippen LogP contribution in [0.3, 0.4) is 0 Å². The third-order valence-corrected chi connectivity index (χ3v) is 2.94. The van der Waals surface area contributed by atoms with Gasteiger partial charge in [-0.05, 0) is 6.07 Å². The van der Waals surface area contributed by atoms with Crippen LogP contribution in [0, 0.1) is 5.41 Å². The molecule has 94 valence electrons. The van der Waals surface area contributed by atoms with E-state index >= 15 is 0 Å². The second-order valence-corrected chi connectivity index (χ2v) is 5.35. The van der Waals surface area contributed by atoms with Gasteiger partial charge in [0.05, 0.1) is 24.8 Å². The average Bonchev–Trinajstić information content (AvgIpc) is 2.40. The van der Waals surface area contributed by atoms with Gasteiger partial charge in [-0.15, -0.1) is 0 Å². The van der Waals surface area contributed by atoms with E-state index in [9.17, 15) is 0 Å². The zero-order valence-electron chi connectivity index (χ0n) is 9.96. The van der Waals surface area contributed by atoms with Crippen molar-refractivity contribution in [1.82, 2.24) is 0 Å². The van der Waals surface area contributed by atoms with Crippen molar-refractivity contribution in [3.63, 3.8) is 0 Å². The van der Waals surface area contributed by atoms with E-state index in [4.69, 9.17) is 27.0 Å². The van der Waals surface area contributed by atoms with Crippen molar-refractivity contribution in [3.05, 3.63) is 22.7 Å². The number of rotatable bonds is 2. The number of halogens is 1. The zero-order chi connectivity index (χ0) is 12.5. The molecule has 0 aromatic heterocycles. The first-order valence-electron chi connectivity index (χ1n) is 5.41. The van der Waals surface area contributed by atoms with E-state index in [-0.39, 0.29) is 12.0 Å². The maximum absolute atomic E-state index is 6.09. The molecule has 0 bridgehead atoms. The van der Waals surface area contributed by atoms with Crippen LogP contribution >= 0.6 is 11.6 Å². The van der Waals surface area contributed by atoms with Gasteiger partial charge in [0.15, 0.2) is 11.5 Å². The van der Waals surface area contributed by atoms with Crippen LogP contribution in [0.2, 0.25) is 5.02 Å². The second kappa shape index (κ2) is 4.72. The molecule has 0 fully saturated rings. The minimum absolute atomic E-state index is 0.0178. The standard InChI is InChI=1S/C12H16ClNO3/c1-12(2)6-15-10-3-8(5-17-14)9(13)4-11(10)16-7-12/h3-4H,5-7,14H2,1-2H3. The summed E-state index contributed by atoms with van der Waals surface area (Å²) in [6.07, 6.45) is 0. The molecule has 1 aliphatic heterocycles. The Hall–Kier alpha value is -0.970. The predicted octanol–water partition coefficient (Wildman–Crippen LogP) is 2.53. The lowest BCUT2D eigenvalue weighted by atomic mass is 9.97. The Morgan fingerprint density at radius 3 is 2.47 bits per heavy atom. The summed E-state index contributed by atoms with van der Waals surface area (Å²) in [5.74, 6) is 6.40. The number of benzene rings is 1. The number of nitrogens with two attached hydrogens (primary N) is 1. The van der Waals surface area contributed by atoms with Crippen molar-refractivity contribution in [2.45, 2.75) is 20.5 Å². The van der Waals surface area contributed by atoms with Crippen LogP contribution in [-0.2, 0) is 11.4 Å². The van der Waals surface area contributed by atoms with E-state index < -0.39 is 0 Å². The lowest BCUT2D eigenvalue weighted by Crippen LogP contribution is -2.26. The van der Waals surface area contributed by atoms with Crippen LogP contribution in [0.15, 0.2) is 12.1 Å². The van der Waals surface area contributed by atoms with Crippen molar-refractivity contribution in [1.29, 1.82) is 0 Å². The Bertz CT molecular complexity index is 420. The third kappa shape index (κ3) is 2.83. The fraction of sp³-hybridized carbons (Fsp3) is 0.500. The molecule has 2 rings (SSSR count). The maximum Gasteiger partial charge on any atom is 0.162 e. The van der Waals surface area contributed by atoms with Gasteiger partial charge in [-0.3, -0.25) is 4.84 Å². The summed E-state index contributed by atoms with van der Waals surface area (Å²) >= 11 is 6.09. The highest BCUT2D eigenvalue weighted by atomic mass is 35.5. The van der Waals surface area contributed by atoms with Crippen LogP contribution < -0.4 is 15.4 Å². The van der Waals surface area contributed by atoms with Crippen molar-refractivity contribution >= 4 is 11.6 Å². The highest BCUT2D eigenvalue weighted by Gasteiger charge is 2.25. The molecule has 0 atom stereocenters. The van der Waals surface area contributed by atoms with Crippen LogP contribution in [0.25, 0.3) is 0 Å². The Labute approximate surface area is 106 Å². The number of ether oxygens (including phenoxy) is 2. The summed E-state index contributed by atoms with van der Waals surface area (Å²) < 4.78 is 11.4. The normalized spacial score (nSPS) is 17.6. The van der Waals surface area contributed by atoms with Crippen molar-refractivity contribution in [2.24, 2.45) is 11.3 Å². The monoisotopic (exact) mass is 257 g/mol. The number of fused-ring (bicyclic) bond motifs is 1. The van der Waals surface area contributed by atoms with Gasteiger partial charge in [0.1, 0.15) is 0 Å². The first-order chi connectivity index (χ1) is 8.02. The van der Waals surface area contributed by atoms with E-state index in [1.807, 2.05) is 6.07 Å². The molecule has 0 radical (unpaired) electrons. The molecule has 0 amide bonds. The molecule has 1 aromatic carbocycles. The zero-order valence-corrected chi connectivity index (χ0v) is 10.7. The van der Waals surface area contributed by atoms with E-state index in [1.165, 1.54) is 0 Å². The average molecular weight is 258 g/mol. The lowest BCUT2D eigenvalue weighted by molar-refractivity contribution is 0.123. The Balaban J connectivity index is 2.31. The van der Waals surface area contributed by atoms with Gasteiger partial charge >= 0.3 is 0 Å². The summed E-state index contributed by atoms with van der Waals surface area (Å²) in [6, 6.07) is 3.55. The van der Waals surface area contributed by atoms with Crippen molar-refractivity contribution < 1.29 is 14.3 Å². The largest absolute Gasteiger partial charge is 0.489 e. The molecular weight excluding hydrogens is 242 g/mol. The van der Waals surface area contributed by atoms with Gasteiger partial charge in [-0.1, -0.05) is 25.4 Å². The first kappa shape index (κ1) is 12.5. The van der Waals surface area contributed by atoms with Gasteiger partial charge in [0.2, 0.25) is 0 Å². The van der Waals surface area contributed by atoms with Gasteiger partial charge < -0.3 is 9.47 Å². The fourth-order valence-electron chi connectivity index (χ4n) is 1.59. The smallest absolute Gasteiger partial charge is 0.162 e. The molecule has 1 aromatic rings. The van der Waals surface area contributed by atoms with Crippen molar-refractivity contribution in [2.75, 3.05) is 13.2 Å². The Kier molecular flexibility index (Phi) is 3.47. The topological polar surface area (TPSA) is 53.7 Å². The molecular formula is C12H16ClNO3. The van der Waals surface area contributed by atoms with E-state index in [1.54, 1.807) is 6.07 Å². The molecule has 0 aliphatic carbocycles. The molecule has 1 aliphatic rings. The first-order valence-corrected chi connectivity index (χ1v) is 5.79. The molecule has 1 heterocycles. The third-order valence-electron chi connectivity index (χ3n) is 2.59. The number of hydrogen-bond donors (Lipinski definition) is 1. The van der Waals surface area contributed by atoms with Crippen molar-refractivity contribution in [3.8, 4) is 11.5 Å². The van der Waals surface area contributed by atoms with Crippen LogP contribution in [0.4, 0.5) is 0 Å². The molecule has 0 saturated heterocycles. The van der Waals surface area contributed by atoms with E-state index in [0.29, 0.717) is 29.7 Å². The van der Waals surface area contributed by atoms with Crippen LogP contribution in [0.1, 0.15) is 19.4 Å². The molecule has 17 heavy (non-hydrogen) atoms. The second-order valence-electron chi connectivity index (χ2n) is 4.94. The molecule has 0 unspecified atom stereocenters. The van der Waals surface area contributed by atoms with Gasteiger partial charge in [0, 0.05) is 17.0 Å². The number of hydrogen-bond acceptors (Lipinski definition) is 4. The molecule has 4 nitrogen and oxygen atoms in total. The summed E-state index contributed by atoms with van der Waals surface area (Å²) in [5.41, 5.74) is 0.770. The van der Waals surface area contributed by atoms with Crippen LogP contribution in [0.5, 0.6) is 11.5 Å². The van der Waals surface area contributed by atoms with E-state index in [2.05, 4.69) is 18.7 Å². The summed E-state index contributed by atoms with van der Waals surface area (Å²) in [6.45, 7) is 5.63. The maximum atomic E-state index is 6.09. The molecule has 0 spiro atoms. The Morgan fingerprint density at radius 1 is 1.29 bits per heavy atom. The Morgan fingerprint density at radius 2 is 1.88 bits per heavy atom. The summed E-state index contributed by atoms with van der Waals surface area (Å²) in [4.78, 5) is 4.59. The lowest BCUT2D eigenvalue weighted by Gasteiger charge is -2.19. The summed E-state index contributed by atoms with van der Waals surface area (Å²) in [7, 11) is 0. The molecule has 5 heteroatoms. The quantitative estimate of drug-likeness (QED) is 0.828. The molecule has 0 saturated carbocycles. The SMILES string of the molecule is CC1(C)COc2cc(Cl)c(CON)cc2OC1. The predicted molar refractivity (Wildman–Crippen MR) is 65.2 cm³/mol. The fourth-order valence-corrected chi connectivity index (χ4v) is 1.80. The highest BCUT2D eigenvalue weighted by molar-refractivity contribution is 6.31. The minimum Gasteiger partial charge on any atom is -0.489 e. The van der Waals surface area contributed by atoms with Crippen LogP contribution in [-0.4, -0.2) is 13.2 Å². The summed E-state index contributed by atoms with van der Waals surface area (Å²) in [5, 5.41) is 0.567. The van der Waals surface area contributed by atoms with Gasteiger partial charge in [-0.2, -0.15) is 0 Å². The van der Waals surface area contributed by atoms with Gasteiger partial charge in [-0.25, -0.2) is 5.90 Å².